The van der Waals surface area contributed by atoms with E-state index in [4.69, 9.17) is 19.7 Å². The number of hydrogen-bond acceptors (Lipinski definition) is 8. The molecule has 0 atom stereocenters. The maximum Gasteiger partial charge on any atom is 0.315 e. The van der Waals surface area contributed by atoms with Crippen LogP contribution < -0.4 is 15.0 Å². The second-order valence-electron chi connectivity index (χ2n) is 8.33. The minimum atomic E-state index is -0.610. The SMILES string of the molecule is CCOc1cc(C=Nn2c(C3CCCCC3)nc3ccc(Br)cc3c2=O)cc([N+](=O)[O-])c1OCC#N. The van der Waals surface area contributed by atoms with E-state index in [0.29, 0.717) is 22.3 Å². The molecule has 0 aliphatic heterocycles. The number of aromatic nitrogens is 2. The molecule has 0 saturated heterocycles. The summed E-state index contributed by atoms with van der Waals surface area (Å²) < 4.78 is 12.9. The molecule has 0 bridgehead atoms. The van der Waals surface area contributed by atoms with E-state index in [0.717, 1.165) is 36.6 Å². The highest BCUT2D eigenvalue weighted by atomic mass is 79.9. The lowest BCUT2D eigenvalue weighted by atomic mass is 9.88. The van der Waals surface area contributed by atoms with Gasteiger partial charge in [0.15, 0.2) is 12.4 Å². The topological polar surface area (TPSA) is 133 Å². The Morgan fingerprint density at radius 2 is 2.06 bits per heavy atom. The first-order valence-corrected chi connectivity index (χ1v) is 12.4. The molecule has 0 radical (unpaired) electrons. The molecule has 1 aromatic heterocycles. The van der Waals surface area contributed by atoms with Gasteiger partial charge in [0.1, 0.15) is 11.9 Å². The fraction of sp³-hybridized carbons (Fsp3) is 0.360. The summed E-state index contributed by atoms with van der Waals surface area (Å²) in [6.07, 6.45) is 6.45. The normalized spacial score (nSPS) is 14.1. The van der Waals surface area contributed by atoms with E-state index in [1.165, 1.54) is 23.0 Å². The number of halogens is 1. The molecule has 4 rings (SSSR count). The summed E-state index contributed by atoms with van der Waals surface area (Å²) in [7, 11) is 0. The summed E-state index contributed by atoms with van der Waals surface area (Å²) in [5, 5.41) is 25.5. The Bertz CT molecular complexity index is 1420. The minimum absolute atomic E-state index is 0.0896. The van der Waals surface area contributed by atoms with Crippen LogP contribution in [0.1, 0.15) is 56.3 Å². The zero-order chi connectivity index (χ0) is 25.7. The first kappa shape index (κ1) is 25.3. The molecule has 3 aromatic rings. The first-order chi connectivity index (χ1) is 17.4. The fourth-order valence-corrected chi connectivity index (χ4v) is 4.72. The van der Waals surface area contributed by atoms with Gasteiger partial charge in [-0.05, 0) is 44.0 Å². The summed E-state index contributed by atoms with van der Waals surface area (Å²) in [6.45, 7) is 1.60. The second-order valence-corrected chi connectivity index (χ2v) is 9.25. The first-order valence-electron chi connectivity index (χ1n) is 11.6. The highest BCUT2D eigenvalue weighted by Gasteiger charge is 2.24. The van der Waals surface area contributed by atoms with Crippen LogP contribution in [0.3, 0.4) is 0 Å². The monoisotopic (exact) mass is 553 g/mol. The van der Waals surface area contributed by atoms with Gasteiger partial charge in [0.05, 0.1) is 28.6 Å². The number of nitrogens with zero attached hydrogens (tertiary/aromatic N) is 5. The zero-order valence-corrected chi connectivity index (χ0v) is 21.2. The van der Waals surface area contributed by atoms with Crippen LogP contribution in [0.25, 0.3) is 10.9 Å². The van der Waals surface area contributed by atoms with Crippen LogP contribution in [0, 0.1) is 21.4 Å². The molecule has 186 valence electrons. The number of nitriles is 1. The van der Waals surface area contributed by atoms with Crippen molar-refractivity contribution in [3.05, 3.63) is 66.7 Å². The molecule has 0 N–H and O–H groups in total. The molecule has 1 saturated carbocycles. The van der Waals surface area contributed by atoms with Gasteiger partial charge in [0.2, 0.25) is 5.75 Å². The molecule has 1 heterocycles. The van der Waals surface area contributed by atoms with Gasteiger partial charge in [-0.1, -0.05) is 35.2 Å². The van der Waals surface area contributed by atoms with Crippen molar-refractivity contribution in [1.82, 2.24) is 9.66 Å². The van der Waals surface area contributed by atoms with Crippen molar-refractivity contribution in [2.45, 2.75) is 44.9 Å². The minimum Gasteiger partial charge on any atom is -0.490 e. The Morgan fingerprint density at radius 1 is 1.28 bits per heavy atom. The maximum absolute atomic E-state index is 13.5. The van der Waals surface area contributed by atoms with Crippen molar-refractivity contribution < 1.29 is 14.4 Å². The Balaban J connectivity index is 1.85. The van der Waals surface area contributed by atoms with Crippen LogP contribution in [-0.4, -0.2) is 34.0 Å². The van der Waals surface area contributed by atoms with Crippen LogP contribution in [0.5, 0.6) is 11.5 Å². The van der Waals surface area contributed by atoms with Gasteiger partial charge in [0, 0.05) is 22.0 Å². The summed E-state index contributed by atoms with van der Waals surface area (Å²) >= 11 is 3.41. The third-order valence-electron chi connectivity index (χ3n) is 5.96. The molecule has 0 spiro atoms. The van der Waals surface area contributed by atoms with Gasteiger partial charge < -0.3 is 9.47 Å². The standard InChI is InChI=1S/C25H24BrN5O5/c1-2-35-22-13-16(12-21(31(33)34)23(22)36-11-10-27)15-28-30-24(17-6-4-3-5-7-17)29-20-9-8-18(26)14-19(20)25(30)32/h8-9,12-15,17H,2-7,11H2,1H3. The molecular formula is C25H24BrN5O5. The van der Waals surface area contributed by atoms with Crippen molar-refractivity contribution in [3.8, 4) is 17.6 Å². The van der Waals surface area contributed by atoms with Crippen LogP contribution >= 0.6 is 15.9 Å². The van der Waals surface area contributed by atoms with Gasteiger partial charge in [-0.15, -0.1) is 0 Å². The molecule has 1 aliphatic rings. The van der Waals surface area contributed by atoms with Crippen molar-refractivity contribution in [1.29, 1.82) is 5.26 Å². The fourth-order valence-electron chi connectivity index (χ4n) is 4.36. The van der Waals surface area contributed by atoms with Crippen molar-refractivity contribution in [3.63, 3.8) is 0 Å². The number of hydrogen-bond donors (Lipinski definition) is 0. The molecule has 1 aliphatic carbocycles. The number of benzene rings is 2. The average Bonchev–Trinajstić information content (AvgIpc) is 2.88. The van der Waals surface area contributed by atoms with E-state index < -0.39 is 4.92 Å². The van der Waals surface area contributed by atoms with Crippen molar-refractivity contribution in [2.75, 3.05) is 13.2 Å². The molecule has 36 heavy (non-hydrogen) atoms. The summed E-state index contributed by atoms with van der Waals surface area (Å²) in [4.78, 5) is 29.4. The number of nitro benzene ring substituents is 1. The van der Waals surface area contributed by atoms with E-state index in [1.54, 1.807) is 25.1 Å². The Labute approximate surface area is 215 Å². The Morgan fingerprint density at radius 3 is 2.75 bits per heavy atom. The van der Waals surface area contributed by atoms with Crippen LogP contribution in [0.4, 0.5) is 5.69 Å². The number of fused-ring (bicyclic) bond motifs is 1. The Kier molecular flexibility index (Phi) is 7.95. The van der Waals surface area contributed by atoms with Crippen molar-refractivity contribution >= 4 is 38.7 Å². The largest absolute Gasteiger partial charge is 0.490 e. The third-order valence-corrected chi connectivity index (χ3v) is 6.45. The van der Waals surface area contributed by atoms with Gasteiger partial charge in [-0.25, -0.2) is 4.98 Å². The highest BCUT2D eigenvalue weighted by Crippen LogP contribution is 2.38. The molecule has 11 heteroatoms. The molecule has 1 fully saturated rings. The molecule has 0 amide bonds. The quantitative estimate of drug-likeness (QED) is 0.210. The molecule has 2 aromatic carbocycles. The summed E-state index contributed by atoms with van der Waals surface area (Å²) in [5.74, 6) is 0.660. The highest BCUT2D eigenvalue weighted by molar-refractivity contribution is 9.10. The van der Waals surface area contributed by atoms with Gasteiger partial charge in [-0.3, -0.25) is 14.9 Å². The third kappa shape index (κ3) is 5.39. The van der Waals surface area contributed by atoms with E-state index in [2.05, 4.69) is 21.0 Å². The smallest absolute Gasteiger partial charge is 0.315 e. The van der Waals surface area contributed by atoms with E-state index >= 15 is 0 Å². The van der Waals surface area contributed by atoms with Crippen LogP contribution in [0.15, 0.2) is 44.7 Å². The van der Waals surface area contributed by atoms with Crippen molar-refractivity contribution in [2.24, 2.45) is 5.10 Å². The van der Waals surface area contributed by atoms with Crippen LogP contribution in [-0.2, 0) is 0 Å². The summed E-state index contributed by atoms with van der Waals surface area (Å²) in [6, 6.07) is 9.96. The average molecular weight is 554 g/mol. The number of rotatable bonds is 8. The second kappa shape index (κ2) is 11.3. The van der Waals surface area contributed by atoms with E-state index in [9.17, 15) is 14.9 Å². The lowest BCUT2D eigenvalue weighted by Gasteiger charge is -2.22. The van der Waals surface area contributed by atoms with Gasteiger partial charge >= 0.3 is 5.69 Å². The number of nitro groups is 1. The lowest BCUT2D eigenvalue weighted by Crippen LogP contribution is -2.25. The molecule has 0 unspecified atom stereocenters. The number of ether oxygens (including phenoxy) is 2. The van der Waals surface area contributed by atoms with Gasteiger partial charge in [-0.2, -0.15) is 15.0 Å². The van der Waals surface area contributed by atoms with Crippen LogP contribution in [0.2, 0.25) is 0 Å². The predicted molar refractivity (Wildman–Crippen MR) is 138 cm³/mol. The summed E-state index contributed by atoms with van der Waals surface area (Å²) in [5.41, 5.74) is 0.262. The van der Waals surface area contributed by atoms with Gasteiger partial charge in [0.25, 0.3) is 5.56 Å². The maximum atomic E-state index is 13.5. The lowest BCUT2D eigenvalue weighted by molar-refractivity contribution is -0.385. The molecule has 10 nitrogen and oxygen atoms in total. The molecular weight excluding hydrogens is 530 g/mol. The predicted octanol–water partition coefficient (Wildman–Crippen LogP) is 5.30. The zero-order valence-electron chi connectivity index (χ0n) is 19.6. The van der Waals surface area contributed by atoms with E-state index in [-0.39, 0.29) is 41.9 Å². The Hall–Kier alpha value is -3.78. The van der Waals surface area contributed by atoms with E-state index in [1.807, 2.05) is 6.07 Å².